The maximum atomic E-state index is 13.3. The molecule has 3 heterocycles. The highest BCUT2D eigenvalue weighted by atomic mass is 16.5. The number of amides is 1. The lowest BCUT2D eigenvalue weighted by molar-refractivity contribution is 0.0703. The van der Waals surface area contributed by atoms with E-state index in [2.05, 4.69) is 15.6 Å². The number of likely N-dealkylation sites (tertiary alicyclic amines) is 1. The van der Waals surface area contributed by atoms with Gasteiger partial charge in [0.2, 0.25) is 0 Å². The Balaban J connectivity index is 1.35. The Labute approximate surface area is 200 Å². The average molecular weight is 464 g/mol. The van der Waals surface area contributed by atoms with Crippen molar-refractivity contribution in [3.8, 4) is 11.5 Å². The van der Waals surface area contributed by atoms with Crippen LogP contribution in [0.1, 0.15) is 55.3 Å². The number of hydrogen-bond acceptors (Lipinski definition) is 7. The number of pyridine rings is 1. The molecule has 8 heteroatoms. The number of methoxy groups -OCH3 is 2. The minimum absolute atomic E-state index is 0.00686. The van der Waals surface area contributed by atoms with E-state index >= 15 is 0 Å². The van der Waals surface area contributed by atoms with E-state index < -0.39 is 0 Å². The number of rotatable bonds is 4. The summed E-state index contributed by atoms with van der Waals surface area (Å²) in [7, 11) is 3.17. The molecule has 1 aromatic carbocycles. The number of aromatic nitrogens is 1. The zero-order chi connectivity index (χ0) is 23.5. The van der Waals surface area contributed by atoms with Crippen molar-refractivity contribution in [2.24, 2.45) is 4.99 Å². The van der Waals surface area contributed by atoms with Gasteiger partial charge in [-0.1, -0.05) is 19.3 Å². The van der Waals surface area contributed by atoms with Crippen molar-refractivity contribution in [3.63, 3.8) is 0 Å². The first-order valence-corrected chi connectivity index (χ1v) is 12.2. The lowest BCUT2D eigenvalue weighted by atomic mass is 9.83. The molecule has 1 aromatic heterocycles. The van der Waals surface area contributed by atoms with Crippen molar-refractivity contribution < 1.29 is 14.3 Å². The molecule has 1 aliphatic carbocycles. The van der Waals surface area contributed by atoms with Gasteiger partial charge >= 0.3 is 0 Å². The largest absolute Gasteiger partial charge is 0.493 e. The summed E-state index contributed by atoms with van der Waals surface area (Å²) in [4.78, 5) is 24.7. The van der Waals surface area contributed by atoms with Gasteiger partial charge in [0.25, 0.3) is 5.91 Å². The Bertz CT molecular complexity index is 1070. The highest BCUT2D eigenvalue weighted by molar-refractivity contribution is 6.00. The van der Waals surface area contributed by atoms with Crippen LogP contribution in [0.3, 0.4) is 0 Å². The van der Waals surface area contributed by atoms with E-state index in [0.717, 1.165) is 30.2 Å². The summed E-state index contributed by atoms with van der Waals surface area (Å²) < 4.78 is 10.7. The van der Waals surface area contributed by atoms with Gasteiger partial charge < -0.3 is 25.0 Å². The zero-order valence-electron chi connectivity index (χ0n) is 20.0. The lowest BCUT2D eigenvalue weighted by Gasteiger charge is -2.46. The fourth-order valence-electron chi connectivity index (χ4n) is 5.33. The number of hydrogen-bond donors (Lipinski definition) is 2. The minimum Gasteiger partial charge on any atom is -0.493 e. The SMILES string of the molecule is COc1ccc(C(=O)N2CCC3(CC2)Nc2cccnc2N=C3NC2CCCCC2)cc1OC. The minimum atomic E-state index is -0.318. The Hall–Kier alpha value is -3.29. The summed E-state index contributed by atoms with van der Waals surface area (Å²) in [6.07, 6.45) is 9.51. The summed E-state index contributed by atoms with van der Waals surface area (Å²) in [5, 5.41) is 7.53. The average Bonchev–Trinajstić information content (AvgIpc) is 2.89. The molecular weight excluding hydrogens is 430 g/mol. The molecule has 180 valence electrons. The van der Waals surface area contributed by atoms with Gasteiger partial charge in [-0.25, -0.2) is 9.98 Å². The van der Waals surface area contributed by atoms with Gasteiger partial charge in [0.1, 0.15) is 5.84 Å². The number of carbonyl (C=O) groups excluding carboxylic acids is 1. The first-order valence-electron chi connectivity index (χ1n) is 12.2. The summed E-state index contributed by atoms with van der Waals surface area (Å²) in [5.74, 6) is 2.89. The van der Waals surface area contributed by atoms with Crippen LogP contribution in [0, 0.1) is 0 Å². The van der Waals surface area contributed by atoms with Crippen LogP contribution >= 0.6 is 0 Å². The van der Waals surface area contributed by atoms with Crippen LogP contribution in [-0.4, -0.2) is 60.5 Å². The fourth-order valence-corrected chi connectivity index (χ4v) is 5.33. The Morgan fingerprint density at radius 1 is 1.09 bits per heavy atom. The van der Waals surface area contributed by atoms with Crippen LogP contribution in [0.25, 0.3) is 0 Å². The second-order valence-corrected chi connectivity index (χ2v) is 9.38. The van der Waals surface area contributed by atoms with Gasteiger partial charge in [0.05, 0.1) is 25.4 Å². The van der Waals surface area contributed by atoms with Crippen molar-refractivity contribution in [1.82, 2.24) is 15.2 Å². The molecule has 1 amide bonds. The number of carbonyl (C=O) groups is 1. The summed E-state index contributed by atoms with van der Waals surface area (Å²) in [6.45, 7) is 1.28. The molecule has 2 N–H and O–H groups in total. The van der Waals surface area contributed by atoms with E-state index in [0.29, 0.717) is 36.2 Å². The number of fused-ring (bicyclic) bond motifs is 1. The van der Waals surface area contributed by atoms with E-state index in [4.69, 9.17) is 14.5 Å². The van der Waals surface area contributed by atoms with Crippen LogP contribution in [-0.2, 0) is 0 Å². The third kappa shape index (κ3) is 4.29. The monoisotopic (exact) mass is 463 g/mol. The molecule has 0 atom stereocenters. The molecule has 5 rings (SSSR count). The molecule has 1 saturated heterocycles. The second kappa shape index (κ2) is 9.52. The van der Waals surface area contributed by atoms with Gasteiger partial charge in [-0.05, 0) is 56.0 Å². The number of piperidine rings is 1. The Kier molecular flexibility index (Phi) is 6.30. The van der Waals surface area contributed by atoms with E-state index in [9.17, 15) is 4.79 Å². The Morgan fingerprint density at radius 2 is 1.85 bits per heavy atom. The van der Waals surface area contributed by atoms with E-state index in [1.807, 2.05) is 17.0 Å². The standard InChI is InChI=1S/C26H33N5O3/c1-33-21-11-10-18(17-22(21)34-2)24(32)31-15-12-26(13-16-31)25(28-19-7-4-3-5-8-19)29-23-20(30-26)9-6-14-27-23/h6,9-11,14,17,19,30H,3-5,7-8,12-13,15-16H2,1-2H3,(H,27,28,29). The smallest absolute Gasteiger partial charge is 0.253 e. The first-order chi connectivity index (χ1) is 16.6. The number of amidine groups is 1. The maximum absolute atomic E-state index is 13.3. The van der Waals surface area contributed by atoms with Crippen LogP contribution in [0.4, 0.5) is 11.5 Å². The van der Waals surface area contributed by atoms with Gasteiger partial charge in [-0.2, -0.15) is 0 Å². The molecule has 2 aliphatic heterocycles. The number of aliphatic imine (C=N–C) groups is 1. The van der Waals surface area contributed by atoms with Crippen molar-refractivity contribution in [2.75, 3.05) is 32.6 Å². The fraction of sp³-hybridized carbons (Fsp3) is 0.500. The van der Waals surface area contributed by atoms with Crippen molar-refractivity contribution in [3.05, 3.63) is 42.1 Å². The van der Waals surface area contributed by atoms with Gasteiger partial charge in [-0.15, -0.1) is 0 Å². The molecule has 0 radical (unpaired) electrons. The molecule has 8 nitrogen and oxygen atoms in total. The molecule has 2 fully saturated rings. The zero-order valence-corrected chi connectivity index (χ0v) is 20.0. The summed E-state index contributed by atoms with van der Waals surface area (Å²) >= 11 is 0. The molecule has 2 aromatic rings. The van der Waals surface area contributed by atoms with E-state index in [1.165, 1.54) is 32.1 Å². The third-order valence-electron chi connectivity index (χ3n) is 7.31. The number of nitrogens with zero attached hydrogens (tertiary/aromatic N) is 3. The van der Waals surface area contributed by atoms with Crippen LogP contribution in [0.2, 0.25) is 0 Å². The first kappa shape index (κ1) is 22.5. The third-order valence-corrected chi connectivity index (χ3v) is 7.31. The lowest BCUT2D eigenvalue weighted by Crippen LogP contribution is -2.61. The summed E-state index contributed by atoms with van der Waals surface area (Å²) in [5.41, 5.74) is 1.24. The molecule has 3 aliphatic rings. The number of anilines is 1. The second-order valence-electron chi connectivity index (χ2n) is 9.38. The molecule has 0 bridgehead atoms. The molecule has 1 spiro atoms. The highest BCUT2D eigenvalue weighted by Gasteiger charge is 2.44. The highest BCUT2D eigenvalue weighted by Crippen LogP contribution is 2.38. The maximum Gasteiger partial charge on any atom is 0.253 e. The van der Waals surface area contributed by atoms with Crippen LogP contribution in [0.5, 0.6) is 11.5 Å². The quantitative estimate of drug-likeness (QED) is 0.708. The van der Waals surface area contributed by atoms with Gasteiger partial charge in [0, 0.05) is 30.9 Å². The van der Waals surface area contributed by atoms with E-state index in [1.54, 1.807) is 38.6 Å². The van der Waals surface area contributed by atoms with Crippen molar-refractivity contribution in [2.45, 2.75) is 56.5 Å². The number of nitrogens with one attached hydrogen (secondary N) is 2. The predicted molar refractivity (Wildman–Crippen MR) is 132 cm³/mol. The number of benzene rings is 1. The Morgan fingerprint density at radius 3 is 2.59 bits per heavy atom. The van der Waals surface area contributed by atoms with Crippen LogP contribution < -0.4 is 20.1 Å². The molecule has 34 heavy (non-hydrogen) atoms. The molecule has 0 unspecified atom stereocenters. The number of ether oxygens (including phenoxy) is 2. The normalized spacial score (nSPS) is 19.6. The van der Waals surface area contributed by atoms with Crippen molar-refractivity contribution >= 4 is 23.2 Å². The van der Waals surface area contributed by atoms with Crippen LogP contribution in [0.15, 0.2) is 41.5 Å². The summed E-state index contributed by atoms with van der Waals surface area (Å²) in [6, 6.07) is 9.75. The van der Waals surface area contributed by atoms with Gasteiger partial charge in [0.15, 0.2) is 17.3 Å². The van der Waals surface area contributed by atoms with E-state index in [-0.39, 0.29) is 11.4 Å². The van der Waals surface area contributed by atoms with Gasteiger partial charge in [-0.3, -0.25) is 4.79 Å². The molecule has 1 saturated carbocycles. The topological polar surface area (TPSA) is 88.1 Å². The van der Waals surface area contributed by atoms with Crippen molar-refractivity contribution in [1.29, 1.82) is 0 Å². The predicted octanol–water partition coefficient (Wildman–Crippen LogP) is 4.15. The molecular formula is C26H33N5O3.